The number of hydrogen-bond donors (Lipinski definition) is 0. The fourth-order valence-electron chi connectivity index (χ4n) is 3.99. The lowest BCUT2D eigenvalue weighted by Gasteiger charge is -2.35. The van der Waals surface area contributed by atoms with Crippen LogP contribution in [0.5, 0.6) is 0 Å². The van der Waals surface area contributed by atoms with E-state index in [0.29, 0.717) is 18.7 Å². The van der Waals surface area contributed by atoms with Gasteiger partial charge >= 0.3 is 0 Å². The third-order valence-corrected chi connectivity index (χ3v) is 5.55. The minimum Gasteiger partial charge on any atom is -0.332 e. The maximum Gasteiger partial charge on any atom is 0.254 e. The third kappa shape index (κ3) is 3.44. The lowest BCUT2D eigenvalue weighted by atomic mass is 9.93. The van der Waals surface area contributed by atoms with Crippen molar-refractivity contribution in [1.82, 2.24) is 14.7 Å². The minimum atomic E-state index is -0.256. The molecule has 5 heteroatoms. The molecule has 0 saturated carbocycles. The van der Waals surface area contributed by atoms with Crippen molar-refractivity contribution >= 4 is 5.91 Å². The average molecular weight is 377 g/mol. The number of aryl methyl sites for hydroxylation is 2. The summed E-state index contributed by atoms with van der Waals surface area (Å²) in [4.78, 5) is 14.9. The summed E-state index contributed by atoms with van der Waals surface area (Å²) >= 11 is 0. The first kappa shape index (κ1) is 18.4. The minimum absolute atomic E-state index is 0.0138. The number of aromatic nitrogens is 2. The van der Waals surface area contributed by atoms with Crippen molar-refractivity contribution in [2.75, 3.05) is 6.54 Å². The van der Waals surface area contributed by atoms with E-state index < -0.39 is 0 Å². The monoisotopic (exact) mass is 377 g/mol. The van der Waals surface area contributed by atoms with Gasteiger partial charge in [-0.25, -0.2) is 4.39 Å². The lowest BCUT2D eigenvalue weighted by Crippen LogP contribution is -2.38. The van der Waals surface area contributed by atoms with Gasteiger partial charge in [0, 0.05) is 17.8 Å². The molecule has 2 aromatic carbocycles. The van der Waals surface area contributed by atoms with Crippen LogP contribution in [0.25, 0.3) is 0 Å². The molecule has 0 spiro atoms. The molecule has 0 fully saturated rings. The number of hydrogen-bond acceptors (Lipinski definition) is 2. The standard InChI is InChI=1S/C23H24FN3O/c1-15-12-16(2)27(25-15)14-18-4-6-20(7-5-18)23(28)26-11-10-19-8-9-21(24)13-22(19)17(26)3/h4-9,12-13,17H,10-11,14H2,1-3H3. The van der Waals surface area contributed by atoms with Gasteiger partial charge < -0.3 is 4.90 Å². The number of rotatable bonds is 3. The van der Waals surface area contributed by atoms with Gasteiger partial charge in [-0.1, -0.05) is 18.2 Å². The Kier molecular flexibility index (Phi) is 4.75. The van der Waals surface area contributed by atoms with Crippen molar-refractivity contribution in [1.29, 1.82) is 0 Å². The van der Waals surface area contributed by atoms with E-state index in [2.05, 4.69) is 11.2 Å². The van der Waals surface area contributed by atoms with E-state index >= 15 is 0 Å². The Hall–Kier alpha value is -2.95. The van der Waals surface area contributed by atoms with Gasteiger partial charge in [0.25, 0.3) is 5.91 Å². The Morgan fingerprint density at radius 2 is 1.89 bits per heavy atom. The van der Waals surface area contributed by atoms with Crippen LogP contribution in [-0.2, 0) is 13.0 Å². The summed E-state index contributed by atoms with van der Waals surface area (Å²) in [6, 6.07) is 14.5. The number of fused-ring (bicyclic) bond motifs is 1. The van der Waals surface area contributed by atoms with Gasteiger partial charge in [0.1, 0.15) is 5.82 Å². The quantitative estimate of drug-likeness (QED) is 0.676. The van der Waals surface area contributed by atoms with Gasteiger partial charge in [0.15, 0.2) is 0 Å². The largest absolute Gasteiger partial charge is 0.332 e. The van der Waals surface area contributed by atoms with E-state index in [1.807, 2.05) is 60.7 Å². The van der Waals surface area contributed by atoms with Crippen LogP contribution in [0.2, 0.25) is 0 Å². The molecule has 1 amide bonds. The highest BCUT2D eigenvalue weighted by molar-refractivity contribution is 5.94. The average Bonchev–Trinajstić information content (AvgIpc) is 2.99. The van der Waals surface area contributed by atoms with Crippen molar-refractivity contribution in [3.8, 4) is 0 Å². The van der Waals surface area contributed by atoms with E-state index in [-0.39, 0.29) is 17.8 Å². The molecule has 0 N–H and O–H groups in total. The van der Waals surface area contributed by atoms with E-state index in [1.165, 1.54) is 6.07 Å². The Morgan fingerprint density at radius 1 is 1.14 bits per heavy atom. The highest BCUT2D eigenvalue weighted by Crippen LogP contribution is 2.31. The summed E-state index contributed by atoms with van der Waals surface area (Å²) in [6.45, 7) is 7.31. The molecule has 1 aliphatic heterocycles. The van der Waals surface area contributed by atoms with E-state index in [4.69, 9.17) is 0 Å². The van der Waals surface area contributed by atoms with Crippen molar-refractivity contribution in [2.45, 2.75) is 39.8 Å². The van der Waals surface area contributed by atoms with Crippen LogP contribution < -0.4 is 0 Å². The molecule has 28 heavy (non-hydrogen) atoms. The molecule has 1 aliphatic rings. The van der Waals surface area contributed by atoms with Gasteiger partial charge in [0.05, 0.1) is 18.3 Å². The molecule has 1 atom stereocenters. The predicted octanol–water partition coefficient (Wildman–Crippen LogP) is 4.45. The van der Waals surface area contributed by atoms with E-state index in [9.17, 15) is 9.18 Å². The molecule has 3 aromatic rings. The zero-order valence-electron chi connectivity index (χ0n) is 16.4. The first-order valence-corrected chi connectivity index (χ1v) is 9.61. The molecular formula is C23H24FN3O. The maximum atomic E-state index is 13.7. The first-order chi connectivity index (χ1) is 13.4. The molecule has 0 bridgehead atoms. The van der Waals surface area contributed by atoms with Crippen LogP contribution >= 0.6 is 0 Å². The van der Waals surface area contributed by atoms with Crippen molar-refractivity contribution in [3.63, 3.8) is 0 Å². The summed E-state index contributed by atoms with van der Waals surface area (Å²) in [5.41, 5.74) is 5.90. The Balaban J connectivity index is 1.51. The van der Waals surface area contributed by atoms with Gasteiger partial charge in [-0.2, -0.15) is 5.10 Å². The predicted molar refractivity (Wildman–Crippen MR) is 107 cm³/mol. The number of halogens is 1. The van der Waals surface area contributed by atoms with Crippen molar-refractivity contribution < 1.29 is 9.18 Å². The number of carbonyl (C=O) groups is 1. The zero-order chi connectivity index (χ0) is 19.8. The normalized spacial score (nSPS) is 16.1. The summed E-state index contributed by atoms with van der Waals surface area (Å²) < 4.78 is 15.6. The molecule has 0 radical (unpaired) electrons. The van der Waals surface area contributed by atoms with Crippen LogP contribution in [0.15, 0.2) is 48.5 Å². The van der Waals surface area contributed by atoms with Crippen LogP contribution in [-0.4, -0.2) is 27.1 Å². The second-order valence-electron chi connectivity index (χ2n) is 7.55. The summed E-state index contributed by atoms with van der Waals surface area (Å²) in [5, 5.41) is 4.49. The SMILES string of the molecule is Cc1cc(C)n(Cc2ccc(C(=O)N3CCc4ccc(F)cc4C3C)cc2)n1. The molecule has 0 saturated heterocycles. The molecule has 1 unspecified atom stereocenters. The van der Waals surface area contributed by atoms with Gasteiger partial charge in [0.2, 0.25) is 0 Å². The second-order valence-corrected chi connectivity index (χ2v) is 7.55. The molecule has 4 nitrogen and oxygen atoms in total. The topological polar surface area (TPSA) is 38.1 Å². The van der Waals surface area contributed by atoms with Crippen LogP contribution in [0.4, 0.5) is 4.39 Å². The Morgan fingerprint density at radius 3 is 2.57 bits per heavy atom. The van der Waals surface area contributed by atoms with E-state index in [0.717, 1.165) is 34.5 Å². The van der Waals surface area contributed by atoms with Gasteiger partial charge in [-0.05, 0) is 74.2 Å². The van der Waals surface area contributed by atoms with Gasteiger partial charge in [-0.15, -0.1) is 0 Å². The molecular weight excluding hydrogens is 353 g/mol. The van der Waals surface area contributed by atoms with Crippen LogP contribution in [0, 0.1) is 19.7 Å². The molecule has 0 aliphatic carbocycles. The number of nitrogens with zero attached hydrogens (tertiary/aromatic N) is 3. The summed E-state index contributed by atoms with van der Waals surface area (Å²) in [7, 11) is 0. The van der Waals surface area contributed by atoms with Crippen molar-refractivity contribution in [3.05, 3.63) is 88.0 Å². The molecule has 4 rings (SSSR count). The van der Waals surface area contributed by atoms with Crippen molar-refractivity contribution in [2.24, 2.45) is 0 Å². The Labute approximate surface area is 164 Å². The third-order valence-electron chi connectivity index (χ3n) is 5.55. The lowest BCUT2D eigenvalue weighted by molar-refractivity contribution is 0.0677. The van der Waals surface area contributed by atoms with Crippen LogP contribution in [0.1, 0.15) is 51.4 Å². The highest BCUT2D eigenvalue weighted by Gasteiger charge is 2.28. The summed E-state index contributed by atoms with van der Waals surface area (Å²) in [5.74, 6) is -0.270. The first-order valence-electron chi connectivity index (χ1n) is 9.61. The zero-order valence-corrected chi connectivity index (χ0v) is 16.4. The smallest absolute Gasteiger partial charge is 0.254 e. The number of carbonyl (C=O) groups excluding carboxylic acids is 1. The summed E-state index contributed by atoms with van der Waals surface area (Å²) in [6.07, 6.45) is 0.752. The van der Waals surface area contributed by atoms with Crippen LogP contribution in [0.3, 0.4) is 0 Å². The molecule has 2 heterocycles. The number of benzene rings is 2. The van der Waals surface area contributed by atoms with E-state index in [1.54, 1.807) is 6.07 Å². The maximum absolute atomic E-state index is 13.7. The fourth-order valence-corrected chi connectivity index (χ4v) is 3.99. The fraction of sp³-hybridized carbons (Fsp3) is 0.304. The Bertz CT molecular complexity index is 1020. The highest BCUT2D eigenvalue weighted by atomic mass is 19.1. The molecule has 144 valence electrons. The number of amides is 1. The molecule has 1 aromatic heterocycles. The second kappa shape index (κ2) is 7.23. The van der Waals surface area contributed by atoms with Gasteiger partial charge in [-0.3, -0.25) is 9.48 Å².